The molecule has 0 fully saturated rings. The first-order valence-corrected chi connectivity index (χ1v) is 11.9. The number of amides is 2. The molecule has 0 heterocycles. The second-order valence-electron chi connectivity index (χ2n) is 8.01. The summed E-state index contributed by atoms with van der Waals surface area (Å²) in [5, 5.41) is 6.27. The van der Waals surface area contributed by atoms with Gasteiger partial charge in [0.15, 0.2) is 11.5 Å². The fourth-order valence-corrected chi connectivity index (χ4v) is 3.11. The van der Waals surface area contributed by atoms with Crippen molar-refractivity contribution in [3.8, 4) is 17.2 Å². The minimum atomic E-state index is -0.559. The molecule has 0 aliphatic heterocycles. The average molecular weight is 522 g/mol. The lowest BCUT2D eigenvalue weighted by Gasteiger charge is -2.10. The van der Waals surface area contributed by atoms with Crippen LogP contribution in [0.1, 0.15) is 46.0 Å². The topological polar surface area (TPSA) is 115 Å². The van der Waals surface area contributed by atoms with Gasteiger partial charge in [0.1, 0.15) is 11.6 Å². The molecule has 0 aliphatic carbocycles. The Kier molecular flexibility index (Phi) is 10.3. The Morgan fingerprint density at radius 1 is 0.947 bits per heavy atom. The van der Waals surface area contributed by atoms with Crippen molar-refractivity contribution in [3.05, 3.63) is 89.2 Å². The van der Waals surface area contributed by atoms with Crippen molar-refractivity contribution in [2.75, 3.05) is 20.3 Å². The maximum Gasteiger partial charge on any atom is 0.343 e. The van der Waals surface area contributed by atoms with E-state index in [9.17, 15) is 18.8 Å². The molecule has 0 aliphatic rings. The van der Waals surface area contributed by atoms with Crippen LogP contribution in [0.2, 0.25) is 0 Å². The monoisotopic (exact) mass is 521 g/mol. The maximum atomic E-state index is 12.9. The number of nitrogens with one attached hydrogen (secondary N) is 2. The summed E-state index contributed by atoms with van der Waals surface area (Å²) in [5.41, 5.74) is 3.44. The van der Waals surface area contributed by atoms with Crippen molar-refractivity contribution in [1.29, 1.82) is 0 Å². The van der Waals surface area contributed by atoms with Crippen molar-refractivity contribution in [2.45, 2.75) is 19.8 Å². The summed E-state index contributed by atoms with van der Waals surface area (Å²) >= 11 is 0. The standard InChI is InChI=1S/C28H28FN3O6/c1-3-4-15-37-23-12-8-21(9-13-23)28(35)38-24-14-5-19(16-25(24)36-2)17-31-32-26(33)18-30-27(34)20-6-10-22(29)11-7-20/h5-14,16-17H,3-4,15,18H2,1-2H3,(H,30,34)(H,32,33). The normalized spacial score (nSPS) is 10.6. The van der Waals surface area contributed by atoms with E-state index in [-0.39, 0.29) is 17.9 Å². The van der Waals surface area contributed by atoms with Gasteiger partial charge in [-0.25, -0.2) is 14.6 Å². The van der Waals surface area contributed by atoms with Crippen molar-refractivity contribution in [2.24, 2.45) is 5.10 Å². The van der Waals surface area contributed by atoms with Gasteiger partial charge in [0, 0.05) is 5.56 Å². The first kappa shape index (κ1) is 27.9. The minimum Gasteiger partial charge on any atom is -0.494 e. The highest BCUT2D eigenvalue weighted by atomic mass is 19.1. The Labute approximate surface area is 219 Å². The average Bonchev–Trinajstić information content (AvgIpc) is 2.93. The number of ether oxygens (including phenoxy) is 3. The molecule has 2 N–H and O–H groups in total. The van der Waals surface area contributed by atoms with Crippen molar-refractivity contribution < 1.29 is 33.0 Å². The number of halogens is 1. The Morgan fingerprint density at radius 3 is 2.34 bits per heavy atom. The lowest BCUT2D eigenvalue weighted by Crippen LogP contribution is -2.34. The van der Waals surface area contributed by atoms with Crippen LogP contribution in [0, 0.1) is 5.82 Å². The number of nitrogens with zero attached hydrogens (tertiary/aromatic N) is 1. The molecule has 0 radical (unpaired) electrons. The van der Waals surface area contributed by atoms with Crippen LogP contribution in [0.25, 0.3) is 0 Å². The number of unbranched alkanes of at least 4 members (excludes halogenated alkanes) is 1. The summed E-state index contributed by atoms with van der Waals surface area (Å²) in [4.78, 5) is 36.5. The zero-order valence-electron chi connectivity index (χ0n) is 21.0. The second-order valence-corrected chi connectivity index (χ2v) is 8.01. The van der Waals surface area contributed by atoms with Gasteiger partial charge >= 0.3 is 5.97 Å². The highest BCUT2D eigenvalue weighted by Gasteiger charge is 2.13. The summed E-state index contributed by atoms with van der Waals surface area (Å²) in [5.74, 6) is -0.912. The predicted octanol–water partition coefficient (Wildman–Crippen LogP) is 4.11. The molecule has 0 spiro atoms. The molecule has 0 saturated carbocycles. The van der Waals surface area contributed by atoms with Crippen LogP contribution in [0.15, 0.2) is 71.8 Å². The Hall–Kier alpha value is -4.73. The number of rotatable bonds is 12. The lowest BCUT2D eigenvalue weighted by molar-refractivity contribution is -0.120. The van der Waals surface area contributed by atoms with Gasteiger partial charge < -0.3 is 19.5 Å². The zero-order chi connectivity index (χ0) is 27.3. The molecular weight excluding hydrogens is 493 g/mol. The molecule has 0 atom stereocenters. The summed E-state index contributed by atoms with van der Waals surface area (Å²) in [6.45, 7) is 2.37. The minimum absolute atomic E-state index is 0.213. The first-order chi connectivity index (χ1) is 18.4. The molecule has 3 aromatic carbocycles. The Balaban J connectivity index is 1.51. The van der Waals surface area contributed by atoms with Gasteiger partial charge in [-0.1, -0.05) is 13.3 Å². The molecule has 2 amide bonds. The fraction of sp³-hybridized carbons (Fsp3) is 0.214. The Morgan fingerprint density at radius 2 is 1.66 bits per heavy atom. The van der Waals surface area contributed by atoms with Crippen molar-refractivity contribution in [3.63, 3.8) is 0 Å². The quantitative estimate of drug-likeness (QED) is 0.122. The van der Waals surface area contributed by atoms with Gasteiger partial charge in [-0.2, -0.15) is 5.10 Å². The van der Waals surface area contributed by atoms with E-state index in [0.29, 0.717) is 29.2 Å². The van der Waals surface area contributed by atoms with Crippen LogP contribution in [-0.4, -0.2) is 44.3 Å². The van der Waals surface area contributed by atoms with Gasteiger partial charge in [0.05, 0.1) is 32.0 Å². The van der Waals surface area contributed by atoms with E-state index < -0.39 is 23.6 Å². The number of benzene rings is 3. The third-order valence-corrected chi connectivity index (χ3v) is 5.17. The summed E-state index contributed by atoms with van der Waals surface area (Å²) in [6.07, 6.45) is 3.35. The largest absolute Gasteiger partial charge is 0.494 e. The third kappa shape index (κ3) is 8.44. The molecule has 3 aromatic rings. The number of esters is 1. The van der Waals surface area contributed by atoms with Gasteiger partial charge in [-0.3, -0.25) is 9.59 Å². The molecule has 0 unspecified atom stereocenters. The number of methoxy groups -OCH3 is 1. The van der Waals surface area contributed by atoms with Crippen molar-refractivity contribution >= 4 is 24.0 Å². The van der Waals surface area contributed by atoms with E-state index in [1.807, 2.05) is 0 Å². The van der Waals surface area contributed by atoms with E-state index in [1.54, 1.807) is 42.5 Å². The molecule has 9 nitrogen and oxygen atoms in total. The third-order valence-electron chi connectivity index (χ3n) is 5.17. The Bertz CT molecular complexity index is 1280. The molecule has 10 heteroatoms. The van der Waals surface area contributed by atoms with Crippen LogP contribution in [-0.2, 0) is 4.79 Å². The van der Waals surface area contributed by atoms with Crippen LogP contribution >= 0.6 is 0 Å². The molecule has 0 saturated heterocycles. The van der Waals surface area contributed by atoms with Gasteiger partial charge in [-0.15, -0.1) is 0 Å². The molecular formula is C28H28FN3O6. The highest BCUT2D eigenvalue weighted by Crippen LogP contribution is 2.28. The zero-order valence-corrected chi connectivity index (χ0v) is 21.0. The number of carbonyl (C=O) groups excluding carboxylic acids is 3. The van der Waals surface area contributed by atoms with Crippen molar-refractivity contribution in [1.82, 2.24) is 10.7 Å². The predicted molar refractivity (Wildman–Crippen MR) is 139 cm³/mol. The van der Waals surface area contributed by atoms with Crippen LogP contribution in [0.3, 0.4) is 0 Å². The number of hydrogen-bond acceptors (Lipinski definition) is 7. The summed E-state index contributed by atoms with van der Waals surface area (Å²) in [6, 6.07) is 16.4. The van der Waals surface area contributed by atoms with E-state index in [2.05, 4.69) is 22.8 Å². The smallest absolute Gasteiger partial charge is 0.343 e. The molecule has 3 rings (SSSR count). The maximum absolute atomic E-state index is 12.9. The molecule has 38 heavy (non-hydrogen) atoms. The van der Waals surface area contributed by atoms with Crippen LogP contribution < -0.4 is 25.0 Å². The summed E-state index contributed by atoms with van der Waals surface area (Å²) in [7, 11) is 1.43. The van der Waals surface area contributed by atoms with E-state index >= 15 is 0 Å². The first-order valence-electron chi connectivity index (χ1n) is 11.9. The SMILES string of the molecule is CCCCOc1ccc(C(=O)Oc2ccc(C=NNC(=O)CNC(=O)c3ccc(F)cc3)cc2OC)cc1. The highest BCUT2D eigenvalue weighted by molar-refractivity contribution is 5.96. The second kappa shape index (κ2) is 14.1. The number of hydrazone groups is 1. The fourth-order valence-electron chi connectivity index (χ4n) is 3.11. The van der Waals surface area contributed by atoms with Gasteiger partial charge in [0.25, 0.3) is 11.8 Å². The van der Waals surface area contributed by atoms with Crippen LogP contribution in [0.5, 0.6) is 17.2 Å². The number of hydrogen-bond donors (Lipinski definition) is 2. The van der Waals surface area contributed by atoms with E-state index in [0.717, 1.165) is 25.0 Å². The van der Waals surface area contributed by atoms with E-state index in [4.69, 9.17) is 14.2 Å². The molecule has 0 bridgehead atoms. The van der Waals surface area contributed by atoms with Crippen LogP contribution in [0.4, 0.5) is 4.39 Å². The van der Waals surface area contributed by atoms with Gasteiger partial charge in [-0.05, 0) is 78.7 Å². The number of carbonyl (C=O) groups is 3. The lowest BCUT2D eigenvalue weighted by atomic mass is 10.2. The van der Waals surface area contributed by atoms with E-state index in [1.165, 1.54) is 25.5 Å². The molecule has 198 valence electrons. The molecule has 0 aromatic heterocycles. The summed E-state index contributed by atoms with van der Waals surface area (Å²) < 4.78 is 29.3. The van der Waals surface area contributed by atoms with Gasteiger partial charge in [0.2, 0.25) is 0 Å².